The van der Waals surface area contributed by atoms with E-state index in [-0.39, 0.29) is 0 Å². The van der Waals surface area contributed by atoms with Gasteiger partial charge in [-0.25, -0.2) is 15.0 Å². The third-order valence-electron chi connectivity index (χ3n) is 17.5. The molecule has 438 valence electrons. The van der Waals surface area contributed by atoms with Crippen LogP contribution in [0.4, 0.5) is 0 Å². The number of hydrogen-bond donors (Lipinski definition) is 0. The first-order chi connectivity index (χ1) is 47.2. The second-order valence-corrected chi connectivity index (χ2v) is 22.8. The molecule has 0 radical (unpaired) electrons. The van der Waals surface area contributed by atoms with Gasteiger partial charge in [-0.2, -0.15) is 42.1 Å². The standard InChI is InChI=1S/C83H41N13/c84-42-50-15-24-65(61(33-50)46-88)56-19-28-76-70(37-56)71-38-57(66-25-16-51(43-85)34-62(66)47-89)20-29-77(71)95(76)75-14-8-7-13-69(75)60-23-32-80(74(41-60)83-93-81(54-9-3-1-4-10-54)92-82(94-83)55-11-5-2-6-12-55)96-78-30-21-58(67-26-17-52(44-86)35-63(67)48-90)39-72(78)73-40-59(22-31-79(73)96)68-27-18-53(45-87)36-64(68)49-91/h1-41H. The number of nitriles is 8. The molecule has 0 amide bonds. The Morgan fingerprint density at radius 1 is 0.219 bits per heavy atom. The lowest BCUT2D eigenvalue weighted by Gasteiger charge is -2.18. The second-order valence-electron chi connectivity index (χ2n) is 22.8. The molecule has 13 nitrogen and oxygen atoms in total. The molecular weight excluding hydrogens is 1180 g/mol. The fourth-order valence-electron chi connectivity index (χ4n) is 13.0. The lowest BCUT2D eigenvalue weighted by atomic mass is 9.95. The summed E-state index contributed by atoms with van der Waals surface area (Å²) in [5.41, 5.74) is 17.2. The zero-order valence-electron chi connectivity index (χ0n) is 50.5. The van der Waals surface area contributed by atoms with Crippen molar-refractivity contribution in [1.82, 2.24) is 24.1 Å². The van der Waals surface area contributed by atoms with Gasteiger partial charge in [0.1, 0.15) is 0 Å². The molecule has 0 unspecified atom stereocenters. The van der Waals surface area contributed by atoms with E-state index in [0.29, 0.717) is 95.5 Å². The van der Waals surface area contributed by atoms with Gasteiger partial charge in [0, 0.05) is 43.8 Å². The maximum absolute atomic E-state index is 10.5. The minimum Gasteiger partial charge on any atom is -0.309 e. The monoisotopic (exact) mass is 1220 g/mol. The third-order valence-corrected chi connectivity index (χ3v) is 17.5. The van der Waals surface area contributed by atoms with Gasteiger partial charge in [0.15, 0.2) is 17.5 Å². The van der Waals surface area contributed by atoms with Crippen molar-refractivity contribution in [3.8, 4) is 150 Å². The van der Waals surface area contributed by atoms with Crippen LogP contribution in [0.1, 0.15) is 44.5 Å². The lowest BCUT2D eigenvalue weighted by molar-refractivity contribution is 1.06. The summed E-state index contributed by atoms with van der Waals surface area (Å²) in [6.45, 7) is 0. The Kier molecular flexibility index (Phi) is 14.3. The smallest absolute Gasteiger partial charge is 0.166 e. The molecular formula is C83H41N13. The first-order valence-electron chi connectivity index (χ1n) is 30.3. The fourth-order valence-corrected chi connectivity index (χ4v) is 13.0. The summed E-state index contributed by atoms with van der Waals surface area (Å²) in [5.74, 6) is 1.28. The third kappa shape index (κ3) is 9.89. The maximum atomic E-state index is 10.5. The van der Waals surface area contributed by atoms with Crippen LogP contribution in [0, 0.1) is 90.6 Å². The molecule has 3 aromatic heterocycles. The summed E-state index contributed by atoms with van der Waals surface area (Å²) in [4.78, 5) is 15.9. The minimum absolute atomic E-state index is 0.343. The van der Waals surface area contributed by atoms with Gasteiger partial charge in [0.25, 0.3) is 0 Å². The Labute approximate surface area is 549 Å². The predicted molar refractivity (Wildman–Crippen MR) is 370 cm³/mol. The molecule has 96 heavy (non-hydrogen) atoms. The molecule has 0 aliphatic heterocycles. The largest absolute Gasteiger partial charge is 0.309 e. The summed E-state index contributed by atoms with van der Waals surface area (Å²) in [6, 6.07) is 96.5. The summed E-state index contributed by atoms with van der Waals surface area (Å²) in [6.07, 6.45) is 0. The van der Waals surface area contributed by atoms with Crippen molar-refractivity contribution >= 4 is 43.6 Å². The van der Waals surface area contributed by atoms with Crippen LogP contribution in [0.3, 0.4) is 0 Å². The van der Waals surface area contributed by atoms with E-state index >= 15 is 0 Å². The fraction of sp³-hybridized carbons (Fsp3) is 0. The molecule has 0 aliphatic rings. The molecule has 0 aliphatic carbocycles. The average molecular weight is 1220 g/mol. The summed E-state index contributed by atoms with van der Waals surface area (Å²) in [7, 11) is 0. The van der Waals surface area contributed by atoms with E-state index in [0.717, 1.165) is 93.8 Å². The number of aromatic nitrogens is 5. The van der Waals surface area contributed by atoms with Gasteiger partial charge < -0.3 is 9.13 Å². The molecule has 0 atom stereocenters. The van der Waals surface area contributed by atoms with Crippen LogP contribution in [0.5, 0.6) is 0 Å². The molecule has 12 aromatic carbocycles. The molecule has 0 saturated carbocycles. The van der Waals surface area contributed by atoms with Gasteiger partial charge in [-0.3, -0.25) is 0 Å². The van der Waals surface area contributed by atoms with Gasteiger partial charge in [-0.1, -0.05) is 133 Å². The molecule has 0 N–H and O–H groups in total. The van der Waals surface area contributed by atoms with Crippen LogP contribution in [0.2, 0.25) is 0 Å². The lowest BCUT2D eigenvalue weighted by Crippen LogP contribution is -2.04. The van der Waals surface area contributed by atoms with E-state index in [4.69, 9.17) is 15.0 Å². The van der Waals surface area contributed by atoms with Crippen molar-refractivity contribution in [2.24, 2.45) is 0 Å². The van der Waals surface area contributed by atoms with E-state index in [1.54, 1.807) is 72.8 Å². The van der Waals surface area contributed by atoms with Crippen LogP contribution in [0.15, 0.2) is 249 Å². The van der Waals surface area contributed by atoms with Gasteiger partial charge in [0.2, 0.25) is 0 Å². The van der Waals surface area contributed by atoms with Crippen molar-refractivity contribution in [3.63, 3.8) is 0 Å². The highest BCUT2D eigenvalue weighted by molar-refractivity contribution is 6.14. The first kappa shape index (κ1) is 57.6. The summed E-state index contributed by atoms with van der Waals surface area (Å²) >= 11 is 0. The molecule has 15 aromatic rings. The Hall–Kier alpha value is -14.8. The van der Waals surface area contributed by atoms with Crippen LogP contribution in [0.25, 0.3) is 145 Å². The van der Waals surface area contributed by atoms with Gasteiger partial charge in [-0.15, -0.1) is 0 Å². The Morgan fingerprint density at radius 2 is 0.521 bits per heavy atom. The predicted octanol–water partition coefficient (Wildman–Crippen LogP) is 18.4. The van der Waals surface area contributed by atoms with Crippen molar-refractivity contribution in [2.75, 3.05) is 0 Å². The quantitative estimate of drug-likeness (QED) is 0.125. The van der Waals surface area contributed by atoms with Crippen molar-refractivity contribution in [1.29, 1.82) is 42.1 Å². The Morgan fingerprint density at radius 3 is 0.865 bits per heavy atom. The zero-order chi connectivity index (χ0) is 65.6. The summed E-state index contributed by atoms with van der Waals surface area (Å²) < 4.78 is 4.41. The van der Waals surface area contributed by atoms with Gasteiger partial charge >= 0.3 is 0 Å². The second kappa shape index (κ2) is 23.8. The van der Waals surface area contributed by atoms with E-state index in [1.807, 2.05) is 121 Å². The van der Waals surface area contributed by atoms with Crippen LogP contribution in [-0.2, 0) is 0 Å². The molecule has 13 heteroatoms. The van der Waals surface area contributed by atoms with Crippen molar-refractivity contribution < 1.29 is 0 Å². The van der Waals surface area contributed by atoms with Crippen LogP contribution >= 0.6 is 0 Å². The molecule has 3 heterocycles. The molecule has 0 fully saturated rings. The number of rotatable bonds is 10. The highest BCUT2D eigenvalue weighted by Crippen LogP contribution is 2.45. The molecule has 0 spiro atoms. The van der Waals surface area contributed by atoms with Crippen molar-refractivity contribution in [3.05, 3.63) is 293 Å². The molecule has 0 saturated heterocycles. The summed E-state index contributed by atoms with van der Waals surface area (Å²) in [5, 5.41) is 84.4. The van der Waals surface area contributed by atoms with E-state index < -0.39 is 0 Å². The number of para-hydroxylation sites is 1. The SMILES string of the molecule is N#Cc1ccc(-c2ccc3c(c2)c2cc(-c4ccc(C#N)cc4C#N)ccc2n3-c2ccccc2-c2ccc(-n3c4ccc(-c5ccc(C#N)cc5C#N)cc4c4cc(-c5ccc(C#N)cc5C#N)ccc43)c(-c3nc(-c4ccccc4)nc(-c4ccccc4)n3)c2)c(C#N)c1. The number of benzene rings is 12. The topological polar surface area (TPSA) is 239 Å². The molecule has 0 bridgehead atoms. The average Bonchev–Trinajstić information content (AvgIpc) is 1.56. The van der Waals surface area contributed by atoms with Crippen molar-refractivity contribution in [2.45, 2.75) is 0 Å². The zero-order valence-corrected chi connectivity index (χ0v) is 50.5. The highest BCUT2D eigenvalue weighted by Gasteiger charge is 2.25. The number of hydrogen-bond acceptors (Lipinski definition) is 11. The van der Waals surface area contributed by atoms with E-state index in [9.17, 15) is 42.1 Å². The Bertz CT molecular complexity index is 5870. The minimum atomic E-state index is 0.343. The van der Waals surface area contributed by atoms with Crippen LogP contribution in [-0.4, -0.2) is 24.1 Å². The van der Waals surface area contributed by atoms with Crippen LogP contribution < -0.4 is 0 Å². The maximum Gasteiger partial charge on any atom is 0.166 e. The molecule has 15 rings (SSSR count). The van der Waals surface area contributed by atoms with Gasteiger partial charge in [-0.05, 0) is 165 Å². The van der Waals surface area contributed by atoms with Gasteiger partial charge in [0.05, 0.1) is 127 Å². The number of nitrogens with zero attached hydrogens (tertiary/aromatic N) is 13. The number of fused-ring (bicyclic) bond motifs is 6. The Balaban J connectivity index is 1.00. The highest BCUT2D eigenvalue weighted by atomic mass is 15.1. The van der Waals surface area contributed by atoms with E-state index in [2.05, 4.69) is 112 Å². The normalized spacial score (nSPS) is 10.8. The first-order valence-corrected chi connectivity index (χ1v) is 30.3. The van der Waals surface area contributed by atoms with E-state index in [1.165, 1.54) is 0 Å².